The Morgan fingerprint density at radius 3 is 2.52 bits per heavy atom. The minimum atomic E-state index is 0.255. The first-order valence-electron chi connectivity index (χ1n) is 7.60. The van der Waals surface area contributed by atoms with Crippen LogP contribution in [0.25, 0.3) is 11.3 Å². The summed E-state index contributed by atoms with van der Waals surface area (Å²) in [5, 5.41) is 16.0. The number of ether oxygens (including phenoxy) is 1. The number of hydrazone groups is 1. The molecule has 25 heavy (non-hydrogen) atoms. The Morgan fingerprint density at radius 2 is 1.88 bits per heavy atom. The fraction of sp³-hybridized carbons (Fsp3) is 0.105. The molecule has 6 heteroatoms. The van der Waals surface area contributed by atoms with E-state index >= 15 is 0 Å². The van der Waals surface area contributed by atoms with E-state index in [2.05, 4.69) is 21.6 Å². The molecule has 0 aliphatic rings. The summed E-state index contributed by atoms with van der Waals surface area (Å²) in [7, 11) is 1.63. The largest absolute Gasteiger partial charge is 0.497 e. The minimum absolute atomic E-state index is 0.255. The predicted octanol–water partition coefficient (Wildman–Crippen LogP) is 4.47. The molecule has 0 aliphatic heterocycles. The molecular weight excluding hydrogens is 332 g/mol. The summed E-state index contributed by atoms with van der Waals surface area (Å²) in [4.78, 5) is 4.52. The van der Waals surface area contributed by atoms with Crippen molar-refractivity contribution < 1.29 is 4.74 Å². The van der Waals surface area contributed by atoms with Crippen LogP contribution < -0.4 is 10.2 Å². The zero-order valence-corrected chi connectivity index (χ0v) is 14.7. The van der Waals surface area contributed by atoms with Gasteiger partial charge in [0.05, 0.1) is 18.5 Å². The predicted molar refractivity (Wildman–Crippen MR) is 101 cm³/mol. The first kappa shape index (κ1) is 16.7. The Morgan fingerprint density at radius 1 is 1.16 bits per heavy atom. The number of nitriles is 1. The van der Waals surface area contributed by atoms with Crippen molar-refractivity contribution in [1.29, 1.82) is 5.26 Å². The van der Waals surface area contributed by atoms with E-state index in [1.165, 1.54) is 16.9 Å². The van der Waals surface area contributed by atoms with E-state index in [-0.39, 0.29) is 5.71 Å². The fourth-order valence-electron chi connectivity index (χ4n) is 2.15. The molecule has 1 aromatic heterocycles. The molecule has 0 bridgehead atoms. The number of methoxy groups -OCH3 is 1. The fourth-order valence-corrected chi connectivity index (χ4v) is 2.91. The lowest BCUT2D eigenvalue weighted by Crippen LogP contribution is -2.01. The van der Waals surface area contributed by atoms with Crippen LogP contribution >= 0.6 is 11.3 Å². The number of thiazole rings is 1. The van der Waals surface area contributed by atoms with Gasteiger partial charge in [-0.2, -0.15) is 10.4 Å². The van der Waals surface area contributed by atoms with Crippen molar-refractivity contribution >= 4 is 22.7 Å². The second-order valence-corrected chi connectivity index (χ2v) is 6.17. The highest BCUT2D eigenvalue weighted by Crippen LogP contribution is 2.24. The van der Waals surface area contributed by atoms with Gasteiger partial charge in [-0.25, -0.2) is 4.98 Å². The summed E-state index contributed by atoms with van der Waals surface area (Å²) in [6.07, 6.45) is 0. The number of benzene rings is 2. The second kappa shape index (κ2) is 7.60. The molecular formula is C19H16N4OS. The maximum Gasteiger partial charge on any atom is 0.196 e. The van der Waals surface area contributed by atoms with Gasteiger partial charge in [0.25, 0.3) is 0 Å². The van der Waals surface area contributed by atoms with Crippen LogP contribution in [0.15, 0.2) is 59.0 Å². The summed E-state index contributed by atoms with van der Waals surface area (Å²) < 4.78 is 5.16. The van der Waals surface area contributed by atoms with E-state index in [0.29, 0.717) is 5.01 Å². The van der Waals surface area contributed by atoms with E-state index in [1.807, 2.05) is 60.8 Å². The number of nitrogens with one attached hydrogen (secondary N) is 1. The SMILES string of the molecule is COc1ccc(-c2csc(/C(C#N)=N\Nc3ccc(C)cc3)n2)cc1. The van der Waals surface area contributed by atoms with Gasteiger partial charge in [0.2, 0.25) is 0 Å². The van der Waals surface area contributed by atoms with Crippen LogP contribution in [0.5, 0.6) is 5.75 Å². The number of rotatable bonds is 5. The van der Waals surface area contributed by atoms with Gasteiger partial charge in [-0.3, -0.25) is 5.43 Å². The zero-order valence-electron chi connectivity index (χ0n) is 13.9. The van der Waals surface area contributed by atoms with Crippen LogP contribution in [0, 0.1) is 18.3 Å². The number of aromatic nitrogens is 1. The summed E-state index contributed by atoms with van der Waals surface area (Å²) in [5.74, 6) is 0.792. The molecule has 0 amide bonds. The highest BCUT2D eigenvalue weighted by atomic mass is 32.1. The smallest absolute Gasteiger partial charge is 0.196 e. The third-order valence-electron chi connectivity index (χ3n) is 3.55. The molecule has 2 aromatic carbocycles. The van der Waals surface area contributed by atoms with Crippen molar-refractivity contribution in [3.63, 3.8) is 0 Å². The van der Waals surface area contributed by atoms with Crippen LogP contribution in [0.2, 0.25) is 0 Å². The first-order valence-corrected chi connectivity index (χ1v) is 8.48. The highest BCUT2D eigenvalue weighted by molar-refractivity contribution is 7.12. The summed E-state index contributed by atoms with van der Waals surface area (Å²) in [6, 6.07) is 17.5. The molecule has 0 fully saturated rings. The van der Waals surface area contributed by atoms with Crippen molar-refractivity contribution in [3.05, 3.63) is 64.5 Å². The van der Waals surface area contributed by atoms with Gasteiger partial charge < -0.3 is 4.74 Å². The Bertz CT molecular complexity index is 921. The van der Waals surface area contributed by atoms with E-state index in [4.69, 9.17) is 4.74 Å². The lowest BCUT2D eigenvalue weighted by molar-refractivity contribution is 0.415. The number of nitrogens with zero attached hydrogens (tertiary/aromatic N) is 3. The molecule has 0 aliphatic carbocycles. The Kier molecular flexibility index (Phi) is 5.07. The molecule has 1 heterocycles. The van der Waals surface area contributed by atoms with Gasteiger partial charge in [0.15, 0.2) is 10.7 Å². The Balaban J connectivity index is 1.79. The molecule has 0 saturated heterocycles. The molecule has 1 N–H and O–H groups in total. The van der Waals surface area contributed by atoms with Crippen LogP contribution in [-0.4, -0.2) is 17.8 Å². The quantitative estimate of drug-likeness (QED) is 0.545. The molecule has 0 spiro atoms. The monoisotopic (exact) mass is 348 g/mol. The zero-order chi connectivity index (χ0) is 17.6. The minimum Gasteiger partial charge on any atom is -0.497 e. The van der Waals surface area contributed by atoms with Crippen LogP contribution in [0.4, 0.5) is 5.69 Å². The van der Waals surface area contributed by atoms with Crippen LogP contribution in [0.3, 0.4) is 0 Å². The lowest BCUT2D eigenvalue weighted by atomic mass is 10.2. The van der Waals surface area contributed by atoms with Gasteiger partial charge in [0, 0.05) is 10.9 Å². The molecule has 0 saturated carbocycles. The van der Waals surface area contributed by atoms with E-state index in [1.54, 1.807) is 7.11 Å². The average Bonchev–Trinajstić information content (AvgIpc) is 3.14. The average molecular weight is 348 g/mol. The standard InChI is InChI=1S/C19H16N4OS/c1-13-3-7-15(8-4-13)22-23-17(11-20)19-21-18(12-25-19)14-5-9-16(24-2)10-6-14/h3-10,12,22H,1-2H3/b23-17-. The Labute approximate surface area is 150 Å². The number of anilines is 1. The van der Waals surface area contributed by atoms with Gasteiger partial charge in [-0.15, -0.1) is 11.3 Å². The summed E-state index contributed by atoms with van der Waals surface area (Å²) in [6.45, 7) is 2.02. The number of hydrogen-bond donors (Lipinski definition) is 1. The maximum absolute atomic E-state index is 9.38. The summed E-state index contributed by atoms with van der Waals surface area (Å²) >= 11 is 1.39. The lowest BCUT2D eigenvalue weighted by Gasteiger charge is -2.01. The van der Waals surface area contributed by atoms with Gasteiger partial charge in [0.1, 0.15) is 11.8 Å². The number of aryl methyl sites for hydroxylation is 1. The van der Waals surface area contributed by atoms with Crippen LogP contribution in [-0.2, 0) is 0 Å². The van der Waals surface area contributed by atoms with Gasteiger partial charge in [-0.1, -0.05) is 17.7 Å². The van der Waals surface area contributed by atoms with Crippen molar-refractivity contribution in [3.8, 4) is 23.1 Å². The van der Waals surface area contributed by atoms with Crippen molar-refractivity contribution in [2.75, 3.05) is 12.5 Å². The van der Waals surface area contributed by atoms with Crippen molar-refractivity contribution in [2.24, 2.45) is 5.10 Å². The molecule has 5 nitrogen and oxygen atoms in total. The third kappa shape index (κ3) is 4.03. The molecule has 3 rings (SSSR count). The first-order chi connectivity index (χ1) is 12.2. The van der Waals surface area contributed by atoms with Crippen molar-refractivity contribution in [1.82, 2.24) is 4.98 Å². The molecule has 0 radical (unpaired) electrons. The van der Waals surface area contributed by atoms with E-state index < -0.39 is 0 Å². The van der Waals surface area contributed by atoms with Crippen molar-refractivity contribution in [2.45, 2.75) is 6.92 Å². The second-order valence-electron chi connectivity index (χ2n) is 5.32. The summed E-state index contributed by atoms with van der Waals surface area (Å²) in [5.41, 5.74) is 6.92. The topological polar surface area (TPSA) is 70.3 Å². The third-order valence-corrected chi connectivity index (χ3v) is 4.40. The van der Waals surface area contributed by atoms with E-state index in [9.17, 15) is 5.26 Å². The molecule has 0 unspecified atom stereocenters. The van der Waals surface area contributed by atoms with Gasteiger partial charge in [-0.05, 0) is 43.3 Å². The molecule has 124 valence electrons. The maximum atomic E-state index is 9.38. The van der Waals surface area contributed by atoms with E-state index in [0.717, 1.165) is 22.7 Å². The Hall–Kier alpha value is -3.17. The number of hydrogen-bond acceptors (Lipinski definition) is 6. The molecule has 0 atom stereocenters. The van der Waals surface area contributed by atoms with Crippen LogP contribution in [0.1, 0.15) is 10.6 Å². The highest BCUT2D eigenvalue weighted by Gasteiger charge is 2.10. The molecule has 3 aromatic rings. The normalized spacial score (nSPS) is 11.0. The van der Waals surface area contributed by atoms with Gasteiger partial charge >= 0.3 is 0 Å².